The first-order valence-electron chi connectivity index (χ1n) is 20.1. The van der Waals surface area contributed by atoms with Crippen LogP contribution in [0.3, 0.4) is 0 Å². The van der Waals surface area contributed by atoms with Crippen LogP contribution in [-0.2, 0) is 45.1 Å². The Labute approximate surface area is 360 Å². The number of carboxylic acid groups (broad SMARTS) is 1. The largest absolute Gasteiger partial charge is 0.491 e. The molecule has 6 rings (SSSR count). The van der Waals surface area contributed by atoms with Crippen LogP contribution in [0.4, 0.5) is 13.2 Å². The van der Waals surface area contributed by atoms with Crippen LogP contribution in [0.25, 0.3) is 22.1 Å². The van der Waals surface area contributed by atoms with Crippen molar-refractivity contribution >= 4 is 45.8 Å². The molecule has 0 aliphatic heterocycles. The Balaban J connectivity index is 0.000000985. The van der Waals surface area contributed by atoms with Crippen molar-refractivity contribution in [3.8, 4) is 5.75 Å². The van der Waals surface area contributed by atoms with Gasteiger partial charge in [0.2, 0.25) is 17.1 Å². The fourth-order valence-electron chi connectivity index (χ4n) is 6.92. The van der Waals surface area contributed by atoms with Crippen molar-refractivity contribution in [1.29, 1.82) is 0 Å². The number of nitrogens with two attached hydrogens (primary N) is 1. The highest BCUT2D eigenvalue weighted by atomic mass is 19.4. The number of aliphatic carboxylic acids is 1. The van der Waals surface area contributed by atoms with Gasteiger partial charge in [0.15, 0.2) is 0 Å². The van der Waals surface area contributed by atoms with Crippen LogP contribution in [0, 0.1) is 19.8 Å². The van der Waals surface area contributed by atoms with Crippen LogP contribution < -0.4 is 21.7 Å². The van der Waals surface area contributed by atoms with E-state index in [0.717, 1.165) is 27.9 Å². The fourth-order valence-corrected chi connectivity index (χ4v) is 6.92. The number of benzene rings is 2. The van der Waals surface area contributed by atoms with Crippen molar-refractivity contribution in [3.05, 3.63) is 99.3 Å². The first-order chi connectivity index (χ1) is 29.6. The zero-order chi connectivity index (χ0) is 46.7. The number of rotatable bonds is 12. The highest BCUT2D eigenvalue weighted by Crippen LogP contribution is 2.29. The minimum Gasteiger partial charge on any atom is -0.491 e. The summed E-state index contributed by atoms with van der Waals surface area (Å²) in [5.41, 5.74) is 14.3. The second-order valence-electron chi connectivity index (χ2n) is 15.5. The third kappa shape index (κ3) is 10.2. The molecule has 63 heavy (non-hydrogen) atoms. The average Bonchev–Trinajstić information content (AvgIpc) is 3.95. The van der Waals surface area contributed by atoms with Crippen molar-refractivity contribution in [2.75, 3.05) is 6.61 Å². The number of aryl methyl sites for hydroxylation is 6. The monoisotopic (exact) mass is 875 g/mol. The normalized spacial score (nSPS) is 12.9. The molecule has 2 aromatic carbocycles. The average molecular weight is 876 g/mol. The van der Waals surface area contributed by atoms with Gasteiger partial charge in [0, 0.05) is 45.8 Å². The summed E-state index contributed by atoms with van der Waals surface area (Å²) in [5, 5.41) is 16.0. The number of fused-ring (bicyclic) bond motifs is 2. The molecule has 0 fully saturated rings. The number of alkyl halides is 3. The van der Waals surface area contributed by atoms with Crippen LogP contribution in [0.2, 0.25) is 0 Å². The molecule has 4 heterocycles. The number of carbonyl (C=O) groups is 4. The minimum absolute atomic E-state index is 0.197. The van der Waals surface area contributed by atoms with Crippen LogP contribution in [0.5, 0.6) is 5.75 Å². The number of hydrogen-bond acceptors (Lipinski definition) is 7. The molecule has 0 bridgehead atoms. The first-order valence-corrected chi connectivity index (χ1v) is 20.1. The van der Waals surface area contributed by atoms with Gasteiger partial charge >= 0.3 is 12.1 Å². The lowest BCUT2D eigenvalue weighted by atomic mass is 10.1. The number of imidazole rings is 2. The molecule has 336 valence electrons. The number of primary amides is 1. The molecule has 0 atom stereocenters. The molecule has 4 aromatic heterocycles. The number of carbonyl (C=O) groups excluding carboxylic acids is 3. The molecule has 3 amide bonds. The van der Waals surface area contributed by atoms with Gasteiger partial charge in [0.05, 0.1) is 34.5 Å². The predicted octanol–water partition coefficient (Wildman–Crippen LogP) is 5.61. The Bertz CT molecular complexity index is 2920. The van der Waals surface area contributed by atoms with E-state index in [0.29, 0.717) is 77.9 Å². The molecule has 0 unspecified atom stereocenters. The number of carboxylic acids is 1. The van der Waals surface area contributed by atoms with Gasteiger partial charge in [0.25, 0.3) is 11.8 Å². The van der Waals surface area contributed by atoms with E-state index < -0.39 is 24.0 Å². The van der Waals surface area contributed by atoms with E-state index in [2.05, 4.69) is 15.2 Å². The lowest BCUT2D eigenvalue weighted by Crippen LogP contribution is -2.28. The summed E-state index contributed by atoms with van der Waals surface area (Å²) in [4.78, 5) is 58.4. The SMILES string of the molecule is CCn1nc(C)cc1C(=O)N=c1n(C)c2ccccc2n1C/C(C)=C(\C)Cn1c(=NC(=O)c2cc(C)nn2CC)n(C)c2cc(C(N)=O)cc(OCC(C)C)c21.O=C(O)C(F)(F)F. The summed E-state index contributed by atoms with van der Waals surface area (Å²) >= 11 is 0. The maximum absolute atomic E-state index is 13.9. The van der Waals surface area contributed by atoms with E-state index in [4.69, 9.17) is 25.4 Å². The van der Waals surface area contributed by atoms with Gasteiger partial charge in [-0.05, 0) is 83.9 Å². The Morgan fingerprint density at radius 2 is 1.24 bits per heavy atom. The lowest BCUT2D eigenvalue weighted by Gasteiger charge is -2.15. The van der Waals surface area contributed by atoms with Crippen molar-refractivity contribution in [2.45, 2.75) is 87.7 Å². The molecular formula is C43H52F3N11O6. The molecule has 20 heteroatoms. The fraction of sp³-hybridized carbons (Fsp3) is 0.395. The second-order valence-corrected chi connectivity index (χ2v) is 15.5. The van der Waals surface area contributed by atoms with Gasteiger partial charge in [-0.2, -0.15) is 33.4 Å². The summed E-state index contributed by atoms with van der Waals surface area (Å²) in [5.74, 6) is -3.53. The molecule has 0 radical (unpaired) electrons. The number of aromatic nitrogens is 8. The standard InChI is InChI=1S/C41H51N11O4.C2HF3O2/c1-11-51-33(17-27(7)45-51)38(54)43-40-47(9)30-15-13-14-16-31(30)49(40)21-25(5)26(6)22-50-36-32(19-29(37(42)53)20-35(36)56-23-24(3)4)48(10)41(50)44-39(55)34-18-28(8)46-52(34)12-2;3-2(4,5)1(6)7/h13-20,24H,11-12,21-23H2,1-10H3,(H2,42,53);(H,6,7)/b26-25+,43-40?,44-41?;. The third-order valence-corrected chi connectivity index (χ3v) is 10.2. The number of halogens is 3. The predicted molar refractivity (Wildman–Crippen MR) is 228 cm³/mol. The van der Waals surface area contributed by atoms with Crippen LogP contribution in [0.15, 0.2) is 69.7 Å². The molecule has 3 N–H and O–H groups in total. The van der Waals surface area contributed by atoms with Crippen LogP contribution in [0.1, 0.15) is 84.3 Å². The number of hydrogen-bond donors (Lipinski definition) is 2. The van der Waals surface area contributed by atoms with E-state index in [1.807, 2.05) is 100 Å². The summed E-state index contributed by atoms with van der Waals surface area (Å²) in [6.07, 6.45) is -5.08. The topological polar surface area (TPSA) is 204 Å². The molecule has 0 saturated heterocycles. The summed E-state index contributed by atoms with van der Waals surface area (Å²) in [7, 11) is 3.71. The zero-order valence-corrected chi connectivity index (χ0v) is 36.9. The van der Waals surface area contributed by atoms with Crippen molar-refractivity contribution in [3.63, 3.8) is 0 Å². The van der Waals surface area contributed by atoms with E-state index >= 15 is 0 Å². The highest BCUT2D eigenvalue weighted by molar-refractivity contribution is 5.99. The van der Waals surface area contributed by atoms with Gasteiger partial charge in [-0.1, -0.05) is 37.1 Å². The second kappa shape index (κ2) is 19.0. The van der Waals surface area contributed by atoms with Crippen LogP contribution >= 0.6 is 0 Å². The molecule has 0 spiro atoms. The number of allylic oxidation sites excluding steroid dienone is 2. The Kier molecular flexibility index (Phi) is 14.2. The molecule has 6 aromatic rings. The Hall–Kier alpha value is -6.99. The van der Waals surface area contributed by atoms with E-state index in [9.17, 15) is 27.6 Å². The maximum atomic E-state index is 13.9. The summed E-state index contributed by atoms with van der Waals surface area (Å²) in [6.45, 7) is 17.9. The lowest BCUT2D eigenvalue weighted by molar-refractivity contribution is -0.192. The van der Waals surface area contributed by atoms with Crippen molar-refractivity contribution in [2.24, 2.45) is 35.7 Å². The van der Waals surface area contributed by atoms with Gasteiger partial charge in [-0.25, -0.2) is 4.79 Å². The number of ether oxygens (including phenoxy) is 1. The molecule has 17 nitrogen and oxygen atoms in total. The summed E-state index contributed by atoms with van der Waals surface area (Å²) in [6, 6.07) is 14.8. The third-order valence-electron chi connectivity index (χ3n) is 10.2. The van der Waals surface area contributed by atoms with E-state index in [-0.39, 0.29) is 17.4 Å². The molecular weight excluding hydrogens is 824 g/mol. The van der Waals surface area contributed by atoms with Gasteiger partial charge in [0.1, 0.15) is 22.7 Å². The quantitative estimate of drug-likeness (QED) is 0.148. The summed E-state index contributed by atoms with van der Waals surface area (Å²) < 4.78 is 49.1. The maximum Gasteiger partial charge on any atom is 0.490 e. The Morgan fingerprint density at radius 3 is 1.70 bits per heavy atom. The number of para-hydroxylation sites is 2. The van der Waals surface area contributed by atoms with Crippen LogP contribution in [-0.4, -0.2) is 79.4 Å². The van der Waals surface area contributed by atoms with Crippen molar-refractivity contribution < 1.29 is 42.2 Å². The van der Waals surface area contributed by atoms with Gasteiger partial charge in [-0.3, -0.25) is 23.7 Å². The zero-order valence-electron chi connectivity index (χ0n) is 36.9. The first kappa shape index (κ1) is 47.1. The molecule has 0 aliphatic carbocycles. The van der Waals surface area contributed by atoms with Gasteiger partial charge in [-0.15, -0.1) is 0 Å². The molecule has 0 saturated carbocycles. The molecule has 0 aliphatic rings. The van der Waals surface area contributed by atoms with E-state index in [1.165, 1.54) is 0 Å². The van der Waals surface area contributed by atoms with Crippen molar-refractivity contribution in [1.82, 2.24) is 37.8 Å². The highest BCUT2D eigenvalue weighted by Gasteiger charge is 2.38. The number of amides is 3. The minimum atomic E-state index is -5.08. The van der Waals surface area contributed by atoms with E-state index in [1.54, 1.807) is 45.2 Å². The van der Waals surface area contributed by atoms with Gasteiger partial charge < -0.3 is 33.8 Å². The Morgan fingerprint density at radius 1 is 0.778 bits per heavy atom. The number of nitrogens with zero attached hydrogens (tertiary/aromatic N) is 10. The smallest absolute Gasteiger partial charge is 0.490 e.